The normalized spacial score (nSPS) is 21.4. The van der Waals surface area contributed by atoms with Crippen molar-refractivity contribution in [1.82, 2.24) is 4.90 Å². The van der Waals surface area contributed by atoms with Crippen molar-refractivity contribution in [3.63, 3.8) is 0 Å². The van der Waals surface area contributed by atoms with Gasteiger partial charge in [-0.15, -0.1) is 0 Å². The number of halogens is 1. The highest BCUT2D eigenvalue weighted by molar-refractivity contribution is 7.92. The molecule has 0 bridgehead atoms. The van der Waals surface area contributed by atoms with Crippen LogP contribution in [0.3, 0.4) is 0 Å². The summed E-state index contributed by atoms with van der Waals surface area (Å²) in [5, 5.41) is 0.322. The Bertz CT molecular complexity index is 713. The monoisotopic (exact) mass is 370 g/mol. The molecule has 132 valence electrons. The molecule has 1 aromatic carbocycles. The molecule has 0 unspecified atom stereocenters. The molecule has 2 aliphatic heterocycles. The van der Waals surface area contributed by atoms with E-state index in [0.29, 0.717) is 29.2 Å². The molecule has 5 nitrogen and oxygen atoms in total. The Balaban J connectivity index is 1.83. The van der Waals surface area contributed by atoms with E-state index in [1.807, 2.05) is 4.90 Å². The zero-order valence-electron chi connectivity index (χ0n) is 13.7. The van der Waals surface area contributed by atoms with Gasteiger partial charge in [-0.2, -0.15) is 0 Å². The van der Waals surface area contributed by atoms with E-state index in [1.165, 1.54) is 4.31 Å². The van der Waals surface area contributed by atoms with Crippen LogP contribution in [0.1, 0.15) is 48.9 Å². The smallest absolute Gasteiger partial charge is 0.255 e. The number of sulfonamides is 1. The molecule has 1 amide bonds. The highest BCUT2D eigenvalue weighted by Crippen LogP contribution is 2.29. The molecule has 2 saturated heterocycles. The minimum atomic E-state index is -3.27. The van der Waals surface area contributed by atoms with Crippen LogP contribution in [0.25, 0.3) is 0 Å². The fraction of sp³-hybridized carbons (Fsp3) is 0.588. The third kappa shape index (κ3) is 3.70. The van der Waals surface area contributed by atoms with E-state index in [9.17, 15) is 13.2 Å². The van der Waals surface area contributed by atoms with Crippen LogP contribution < -0.4 is 4.31 Å². The van der Waals surface area contributed by atoms with Gasteiger partial charge in [-0.1, -0.05) is 24.4 Å². The van der Waals surface area contributed by atoms with Crippen molar-refractivity contribution in [1.29, 1.82) is 0 Å². The molecular weight excluding hydrogens is 348 g/mol. The summed E-state index contributed by atoms with van der Waals surface area (Å²) in [5.74, 6) is 0.106. The van der Waals surface area contributed by atoms with Gasteiger partial charge in [0.1, 0.15) is 0 Å². The largest absolute Gasteiger partial charge is 0.339 e. The summed E-state index contributed by atoms with van der Waals surface area (Å²) in [6, 6.07) is 4.96. The number of amides is 1. The molecule has 7 heteroatoms. The second-order valence-corrected chi connectivity index (χ2v) is 8.89. The highest BCUT2D eigenvalue weighted by atomic mass is 35.5. The highest BCUT2D eigenvalue weighted by Gasteiger charge is 2.27. The fourth-order valence-corrected chi connectivity index (χ4v) is 5.24. The Labute approximate surface area is 148 Å². The lowest BCUT2D eigenvalue weighted by atomic mass is 10.1. The number of rotatable bonds is 2. The molecule has 0 aliphatic carbocycles. The average molecular weight is 371 g/mol. The quantitative estimate of drug-likeness (QED) is 0.802. The fourth-order valence-electron chi connectivity index (χ4n) is 3.36. The van der Waals surface area contributed by atoms with Gasteiger partial charge in [0.25, 0.3) is 5.91 Å². The molecule has 0 spiro atoms. The van der Waals surface area contributed by atoms with E-state index in [-0.39, 0.29) is 11.7 Å². The Hall–Kier alpha value is -1.27. The van der Waals surface area contributed by atoms with Crippen molar-refractivity contribution in [3.05, 3.63) is 28.8 Å². The van der Waals surface area contributed by atoms with Crippen molar-refractivity contribution >= 4 is 33.2 Å². The molecule has 0 saturated carbocycles. The maximum Gasteiger partial charge on any atom is 0.255 e. The number of likely N-dealkylation sites (tertiary alicyclic amines) is 1. The van der Waals surface area contributed by atoms with Gasteiger partial charge in [-0.25, -0.2) is 8.42 Å². The van der Waals surface area contributed by atoms with Crippen LogP contribution in [0, 0.1) is 0 Å². The molecule has 2 fully saturated rings. The van der Waals surface area contributed by atoms with Gasteiger partial charge < -0.3 is 4.90 Å². The number of hydrogen-bond acceptors (Lipinski definition) is 3. The Morgan fingerprint density at radius 1 is 0.958 bits per heavy atom. The Morgan fingerprint density at radius 2 is 1.62 bits per heavy atom. The Morgan fingerprint density at radius 3 is 2.25 bits per heavy atom. The van der Waals surface area contributed by atoms with Crippen LogP contribution in [0.2, 0.25) is 5.02 Å². The SMILES string of the molecule is O=C(c1ccc(N2CCCCS2(=O)=O)cc1Cl)N1CCCCCC1. The molecule has 2 aliphatic rings. The molecule has 1 aromatic rings. The minimum absolute atomic E-state index is 0.0602. The first-order chi connectivity index (χ1) is 11.5. The standard InChI is InChI=1S/C17H23ClN2O3S/c18-16-13-14(20-11-5-6-12-24(20,22)23)7-8-15(16)17(21)19-9-3-1-2-4-10-19/h7-8,13H,1-6,9-12H2. The van der Waals surface area contributed by atoms with Crippen LogP contribution in [0.5, 0.6) is 0 Å². The number of nitrogens with zero attached hydrogens (tertiary/aromatic N) is 2. The van der Waals surface area contributed by atoms with Gasteiger partial charge in [0.05, 0.1) is 22.0 Å². The zero-order chi connectivity index (χ0) is 17.2. The summed E-state index contributed by atoms with van der Waals surface area (Å²) >= 11 is 6.33. The van der Waals surface area contributed by atoms with Gasteiger partial charge in [0.2, 0.25) is 10.0 Å². The van der Waals surface area contributed by atoms with Crippen molar-refractivity contribution in [2.24, 2.45) is 0 Å². The van der Waals surface area contributed by atoms with E-state index >= 15 is 0 Å². The second kappa shape index (κ2) is 7.31. The van der Waals surface area contributed by atoms with Crippen LogP contribution in [0.4, 0.5) is 5.69 Å². The maximum absolute atomic E-state index is 12.7. The van der Waals surface area contributed by atoms with Crippen LogP contribution >= 0.6 is 11.6 Å². The summed E-state index contributed by atoms with van der Waals surface area (Å²) in [7, 11) is -3.27. The number of hydrogen-bond donors (Lipinski definition) is 0. The van der Waals surface area contributed by atoms with Gasteiger partial charge >= 0.3 is 0 Å². The van der Waals surface area contributed by atoms with Crippen molar-refractivity contribution in [3.8, 4) is 0 Å². The number of anilines is 1. The predicted molar refractivity (Wildman–Crippen MR) is 96.2 cm³/mol. The van der Waals surface area contributed by atoms with Crippen LogP contribution in [0.15, 0.2) is 18.2 Å². The first-order valence-electron chi connectivity index (χ1n) is 8.58. The molecule has 0 aromatic heterocycles. The van der Waals surface area contributed by atoms with Gasteiger partial charge in [0.15, 0.2) is 0 Å². The zero-order valence-corrected chi connectivity index (χ0v) is 15.3. The summed E-state index contributed by atoms with van der Waals surface area (Å²) in [4.78, 5) is 14.6. The van der Waals surface area contributed by atoms with Crippen molar-refractivity contribution in [2.75, 3.05) is 29.7 Å². The number of benzene rings is 1. The van der Waals surface area contributed by atoms with Gasteiger partial charge in [0, 0.05) is 19.6 Å². The number of carbonyl (C=O) groups excluding carboxylic acids is 1. The topological polar surface area (TPSA) is 57.7 Å². The minimum Gasteiger partial charge on any atom is -0.339 e. The lowest BCUT2D eigenvalue weighted by molar-refractivity contribution is 0.0762. The maximum atomic E-state index is 12.7. The molecular formula is C17H23ClN2O3S. The Kier molecular flexibility index (Phi) is 5.35. The summed E-state index contributed by atoms with van der Waals surface area (Å²) in [5.41, 5.74) is 1.00. The second-order valence-electron chi connectivity index (χ2n) is 6.47. The third-order valence-corrected chi connectivity index (χ3v) is 6.90. The molecule has 2 heterocycles. The van der Waals surface area contributed by atoms with Crippen LogP contribution in [-0.2, 0) is 10.0 Å². The van der Waals surface area contributed by atoms with Crippen LogP contribution in [-0.4, -0.2) is 44.6 Å². The van der Waals surface area contributed by atoms with Crippen molar-refractivity contribution in [2.45, 2.75) is 38.5 Å². The summed E-state index contributed by atoms with van der Waals surface area (Å²) < 4.78 is 25.8. The number of carbonyl (C=O) groups is 1. The van der Waals surface area contributed by atoms with E-state index in [2.05, 4.69) is 0 Å². The first kappa shape index (κ1) is 17.5. The molecule has 0 radical (unpaired) electrons. The van der Waals surface area contributed by atoms with Gasteiger partial charge in [-0.3, -0.25) is 9.10 Å². The molecule has 0 atom stereocenters. The lowest BCUT2D eigenvalue weighted by Gasteiger charge is -2.29. The predicted octanol–water partition coefficient (Wildman–Crippen LogP) is 3.29. The third-order valence-electron chi connectivity index (χ3n) is 4.71. The van der Waals surface area contributed by atoms with E-state index in [4.69, 9.17) is 11.6 Å². The van der Waals surface area contributed by atoms with E-state index < -0.39 is 10.0 Å². The summed E-state index contributed by atoms with van der Waals surface area (Å²) in [6.45, 7) is 1.99. The van der Waals surface area contributed by atoms with Crippen molar-refractivity contribution < 1.29 is 13.2 Å². The first-order valence-corrected chi connectivity index (χ1v) is 10.6. The lowest BCUT2D eigenvalue weighted by Crippen LogP contribution is -2.38. The average Bonchev–Trinajstić information content (AvgIpc) is 2.83. The molecule has 3 rings (SSSR count). The van der Waals surface area contributed by atoms with E-state index in [1.54, 1.807) is 18.2 Å². The summed E-state index contributed by atoms with van der Waals surface area (Å²) in [6.07, 6.45) is 5.89. The van der Waals surface area contributed by atoms with E-state index in [0.717, 1.165) is 45.2 Å². The molecule has 24 heavy (non-hydrogen) atoms. The molecule has 0 N–H and O–H groups in total. The van der Waals surface area contributed by atoms with Gasteiger partial charge in [-0.05, 0) is 43.9 Å².